The molecule has 0 spiro atoms. The van der Waals surface area contributed by atoms with E-state index in [-0.39, 0.29) is 19.3 Å². The molecule has 0 saturated carbocycles. The second kappa shape index (κ2) is 2.42. The average molecular weight is 120 g/mol. The van der Waals surface area contributed by atoms with Crippen molar-refractivity contribution in [2.75, 3.05) is 13.2 Å². The predicted octanol–water partition coefficient (Wildman–Crippen LogP) is 0.106. The molecule has 0 bridgehead atoms. The smallest absolute Gasteiger partial charge is 0.126 e. The normalized spacial score (nSPS) is 38.2. The number of aliphatic hydroxyl groups is 1. The molecule has 0 radical (unpaired) electrons. The Hall–Kier alpha value is -0.150. The Morgan fingerprint density at radius 1 is 1.75 bits per heavy atom. The van der Waals surface area contributed by atoms with E-state index >= 15 is 0 Å². The van der Waals surface area contributed by atoms with Crippen LogP contribution < -0.4 is 0 Å². The van der Waals surface area contributed by atoms with Gasteiger partial charge < -0.3 is 9.84 Å². The minimum atomic E-state index is -0.854. The summed E-state index contributed by atoms with van der Waals surface area (Å²) in [5, 5.41) is 8.39. The maximum absolute atomic E-state index is 12.1. The first-order chi connectivity index (χ1) is 3.83. The molecule has 1 fully saturated rings. The molecule has 0 aromatic rings. The zero-order chi connectivity index (χ0) is 5.98. The van der Waals surface area contributed by atoms with Crippen molar-refractivity contribution in [3.8, 4) is 0 Å². The third-order valence-electron chi connectivity index (χ3n) is 1.24. The first kappa shape index (κ1) is 5.98. The molecule has 0 aromatic carbocycles. The lowest BCUT2D eigenvalue weighted by molar-refractivity contribution is 0.0562. The molecule has 1 heterocycles. The van der Waals surface area contributed by atoms with Gasteiger partial charge in [-0.25, -0.2) is 4.39 Å². The van der Waals surface area contributed by atoms with Crippen molar-refractivity contribution >= 4 is 0 Å². The van der Waals surface area contributed by atoms with E-state index < -0.39 is 6.17 Å². The van der Waals surface area contributed by atoms with Crippen LogP contribution in [-0.4, -0.2) is 30.6 Å². The van der Waals surface area contributed by atoms with Crippen molar-refractivity contribution in [1.82, 2.24) is 0 Å². The molecule has 0 amide bonds. The molecule has 3 heteroatoms. The number of alkyl halides is 1. The second-order valence-corrected chi connectivity index (χ2v) is 1.97. The first-order valence-electron chi connectivity index (χ1n) is 2.69. The van der Waals surface area contributed by atoms with Crippen LogP contribution in [0.5, 0.6) is 0 Å². The van der Waals surface area contributed by atoms with E-state index in [0.717, 1.165) is 0 Å². The lowest BCUT2D eigenvalue weighted by Gasteiger charge is -2.00. The van der Waals surface area contributed by atoms with Gasteiger partial charge in [0.05, 0.1) is 19.3 Å². The fourth-order valence-electron chi connectivity index (χ4n) is 0.789. The molecule has 1 aliphatic rings. The van der Waals surface area contributed by atoms with Crippen LogP contribution in [0.2, 0.25) is 0 Å². The lowest BCUT2D eigenvalue weighted by atomic mass is 10.2. The summed E-state index contributed by atoms with van der Waals surface area (Å²) in [5.74, 6) is 0. The van der Waals surface area contributed by atoms with Crippen LogP contribution in [0.1, 0.15) is 6.42 Å². The summed E-state index contributed by atoms with van der Waals surface area (Å²) in [4.78, 5) is 0. The summed E-state index contributed by atoms with van der Waals surface area (Å²) in [6, 6.07) is 0. The molecule has 8 heavy (non-hydrogen) atoms. The number of aliphatic hydroxyl groups excluding tert-OH is 1. The summed E-state index contributed by atoms with van der Waals surface area (Å²) in [6.07, 6.45) is -0.742. The van der Waals surface area contributed by atoms with E-state index in [4.69, 9.17) is 9.84 Å². The van der Waals surface area contributed by atoms with E-state index in [0.29, 0.717) is 6.42 Å². The Morgan fingerprint density at radius 2 is 2.50 bits per heavy atom. The standard InChI is InChI=1S/C5H9FO2/c6-4-1-5(2-7)8-3-4/h4-5,7H,1-3H2. The Labute approximate surface area is 47.3 Å². The highest BCUT2D eigenvalue weighted by molar-refractivity contribution is 4.70. The Kier molecular flexibility index (Phi) is 1.81. The second-order valence-electron chi connectivity index (χ2n) is 1.97. The van der Waals surface area contributed by atoms with Gasteiger partial charge in [-0.1, -0.05) is 0 Å². The highest BCUT2D eigenvalue weighted by atomic mass is 19.1. The molecule has 1 aliphatic heterocycles. The van der Waals surface area contributed by atoms with Gasteiger partial charge in [0.25, 0.3) is 0 Å². The molecule has 1 N–H and O–H groups in total. The van der Waals surface area contributed by atoms with Gasteiger partial charge in [0.2, 0.25) is 0 Å². The molecule has 1 saturated heterocycles. The minimum absolute atomic E-state index is 0.0551. The number of hydrogen-bond acceptors (Lipinski definition) is 2. The molecular formula is C5H9FO2. The quantitative estimate of drug-likeness (QED) is 0.532. The van der Waals surface area contributed by atoms with Crippen LogP contribution in [0.3, 0.4) is 0 Å². The largest absolute Gasteiger partial charge is 0.394 e. The van der Waals surface area contributed by atoms with Gasteiger partial charge in [-0.3, -0.25) is 0 Å². The topological polar surface area (TPSA) is 29.5 Å². The summed E-state index contributed by atoms with van der Waals surface area (Å²) in [7, 11) is 0. The lowest BCUT2D eigenvalue weighted by Crippen LogP contribution is -2.09. The van der Waals surface area contributed by atoms with Crippen molar-refractivity contribution in [3.05, 3.63) is 0 Å². The highest BCUT2D eigenvalue weighted by Crippen LogP contribution is 2.14. The number of hydrogen-bond donors (Lipinski definition) is 1. The van der Waals surface area contributed by atoms with Crippen molar-refractivity contribution < 1.29 is 14.2 Å². The van der Waals surface area contributed by atoms with Gasteiger partial charge >= 0.3 is 0 Å². The summed E-state index contributed by atoms with van der Waals surface area (Å²) < 4.78 is 16.9. The van der Waals surface area contributed by atoms with Crippen molar-refractivity contribution in [2.45, 2.75) is 18.7 Å². The average Bonchev–Trinajstić information content (AvgIpc) is 2.14. The minimum Gasteiger partial charge on any atom is -0.394 e. The van der Waals surface area contributed by atoms with Gasteiger partial charge in [0.1, 0.15) is 6.17 Å². The molecule has 0 aromatic heterocycles. The predicted molar refractivity (Wildman–Crippen MR) is 26.3 cm³/mol. The van der Waals surface area contributed by atoms with Crippen molar-refractivity contribution in [2.24, 2.45) is 0 Å². The van der Waals surface area contributed by atoms with Crippen LogP contribution in [0, 0.1) is 0 Å². The van der Waals surface area contributed by atoms with Crippen LogP contribution in [0.4, 0.5) is 4.39 Å². The fraction of sp³-hybridized carbons (Fsp3) is 1.00. The maximum atomic E-state index is 12.1. The molecule has 0 aliphatic carbocycles. The van der Waals surface area contributed by atoms with Crippen molar-refractivity contribution in [1.29, 1.82) is 0 Å². The molecule has 48 valence electrons. The number of ether oxygens (including phenoxy) is 1. The van der Waals surface area contributed by atoms with E-state index in [1.807, 2.05) is 0 Å². The van der Waals surface area contributed by atoms with Gasteiger partial charge in [-0.15, -0.1) is 0 Å². The SMILES string of the molecule is OCC1CC(F)CO1. The fourth-order valence-corrected chi connectivity index (χ4v) is 0.789. The number of halogens is 1. The van der Waals surface area contributed by atoms with Crippen LogP contribution in [0.15, 0.2) is 0 Å². The van der Waals surface area contributed by atoms with Gasteiger partial charge in [0.15, 0.2) is 0 Å². The Balaban J connectivity index is 2.22. The van der Waals surface area contributed by atoms with E-state index in [2.05, 4.69) is 0 Å². The molecule has 1 rings (SSSR count). The molecule has 2 nitrogen and oxygen atoms in total. The van der Waals surface area contributed by atoms with Crippen LogP contribution in [-0.2, 0) is 4.74 Å². The third kappa shape index (κ3) is 1.17. The number of rotatable bonds is 1. The highest BCUT2D eigenvalue weighted by Gasteiger charge is 2.23. The van der Waals surface area contributed by atoms with Crippen LogP contribution in [0.25, 0.3) is 0 Å². The summed E-state index contributed by atoms with van der Waals surface area (Å²) in [6.45, 7) is 0.103. The van der Waals surface area contributed by atoms with Gasteiger partial charge in [-0.2, -0.15) is 0 Å². The molecule has 2 unspecified atom stereocenters. The van der Waals surface area contributed by atoms with Gasteiger partial charge in [-0.05, 0) is 0 Å². The Bertz CT molecular complexity index is 76.8. The van der Waals surface area contributed by atoms with Crippen molar-refractivity contribution in [3.63, 3.8) is 0 Å². The third-order valence-corrected chi connectivity index (χ3v) is 1.24. The van der Waals surface area contributed by atoms with Gasteiger partial charge in [0, 0.05) is 6.42 Å². The molecular weight excluding hydrogens is 111 g/mol. The zero-order valence-electron chi connectivity index (χ0n) is 4.51. The van der Waals surface area contributed by atoms with E-state index in [1.165, 1.54) is 0 Å². The maximum Gasteiger partial charge on any atom is 0.126 e. The first-order valence-corrected chi connectivity index (χ1v) is 2.69. The summed E-state index contributed by atoms with van der Waals surface area (Å²) >= 11 is 0. The van der Waals surface area contributed by atoms with E-state index in [1.54, 1.807) is 0 Å². The zero-order valence-corrected chi connectivity index (χ0v) is 4.51. The molecule has 2 atom stereocenters. The Morgan fingerprint density at radius 3 is 2.75 bits per heavy atom. The van der Waals surface area contributed by atoms with Crippen LogP contribution >= 0.6 is 0 Å². The summed E-state index contributed by atoms with van der Waals surface area (Å²) in [5.41, 5.74) is 0. The monoisotopic (exact) mass is 120 g/mol. The van der Waals surface area contributed by atoms with E-state index in [9.17, 15) is 4.39 Å².